The first-order valence-electron chi connectivity index (χ1n) is 7.54. The summed E-state index contributed by atoms with van der Waals surface area (Å²) < 4.78 is 1.81. The summed E-state index contributed by atoms with van der Waals surface area (Å²) in [6.07, 6.45) is 0. The Morgan fingerprint density at radius 3 is 2.62 bits per heavy atom. The van der Waals surface area contributed by atoms with Crippen molar-refractivity contribution < 1.29 is 4.79 Å². The second kappa shape index (κ2) is 6.49. The van der Waals surface area contributed by atoms with Crippen molar-refractivity contribution in [3.63, 3.8) is 0 Å². The highest BCUT2D eigenvalue weighted by atomic mass is 35.5. The third kappa shape index (κ3) is 3.19. The third-order valence-corrected chi connectivity index (χ3v) is 4.30. The van der Waals surface area contributed by atoms with E-state index in [9.17, 15) is 4.79 Å². The number of amides is 1. The smallest absolute Gasteiger partial charge is 0.269 e. The Morgan fingerprint density at radius 2 is 2.00 bits per heavy atom. The molecule has 0 saturated heterocycles. The minimum absolute atomic E-state index is 0.203. The summed E-state index contributed by atoms with van der Waals surface area (Å²) in [5, 5.41) is 14.9. The normalized spacial score (nSPS) is 10.8. The van der Waals surface area contributed by atoms with Crippen molar-refractivity contribution in [2.45, 2.75) is 20.4 Å². The summed E-state index contributed by atoms with van der Waals surface area (Å²) >= 11 is 5.88. The van der Waals surface area contributed by atoms with Gasteiger partial charge in [0.1, 0.15) is 5.69 Å². The average molecular weight is 344 g/mol. The molecule has 3 rings (SSSR count). The highest BCUT2D eigenvalue weighted by Gasteiger charge is 2.14. The molecule has 0 unspecified atom stereocenters. The Labute approximate surface area is 144 Å². The lowest BCUT2D eigenvalue weighted by Gasteiger charge is -2.04. The Balaban J connectivity index is 1.71. The Hall–Kier alpha value is -2.60. The van der Waals surface area contributed by atoms with Crippen LogP contribution in [0.2, 0.25) is 5.02 Å². The van der Waals surface area contributed by atoms with Crippen molar-refractivity contribution in [1.29, 1.82) is 0 Å². The van der Waals surface area contributed by atoms with Crippen LogP contribution in [-0.4, -0.2) is 25.9 Å². The van der Waals surface area contributed by atoms with Gasteiger partial charge in [0.2, 0.25) is 0 Å². The third-order valence-electron chi connectivity index (χ3n) is 4.05. The molecule has 0 aliphatic rings. The summed E-state index contributed by atoms with van der Waals surface area (Å²) in [4.78, 5) is 12.3. The van der Waals surface area contributed by atoms with Crippen molar-refractivity contribution in [2.75, 3.05) is 0 Å². The monoisotopic (exact) mass is 343 g/mol. The molecule has 7 heteroatoms. The van der Waals surface area contributed by atoms with E-state index >= 15 is 0 Å². The zero-order chi connectivity index (χ0) is 17.3. The largest absolute Gasteiger partial charge is 0.347 e. The fraction of sp³-hybridized carbons (Fsp3) is 0.235. The molecule has 0 bridgehead atoms. The molecule has 2 N–H and O–H groups in total. The fourth-order valence-corrected chi connectivity index (χ4v) is 2.67. The molecule has 3 aromatic rings. The number of nitrogens with zero attached hydrogens (tertiary/aromatic N) is 3. The maximum atomic E-state index is 12.3. The van der Waals surface area contributed by atoms with Gasteiger partial charge in [0, 0.05) is 35.4 Å². The molecule has 2 heterocycles. The molecule has 2 aromatic heterocycles. The lowest BCUT2D eigenvalue weighted by atomic mass is 10.1. The molecule has 0 atom stereocenters. The van der Waals surface area contributed by atoms with Gasteiger partial charge in [-0.25, -0.2) is 0 Å². The van der Waals surface area contributed by atoms with E-state index in [1.54, 1.807) is 18.2 Å². The van der Waals surface area contributed by atoms with E-state index in [-0.39, 0.29) is 5.91 Å². The molecule has 6 nitrogen and oxygen atoms in total. The van der Waals surface area contributed by atoms with E-state index in [1.807, 2.05) is 37.7 Å². The number of nitrogens with one attached hydrogen (secondary N) is 2. The maximum Gasteiger partial charge on any atom is 0.269 e. The first-order chi connectivity index (χ1) is 11.5. The van der Waals surface area contributed by atoms with E-state index in [0.29, 0.717) is 23.0 Å². The molecule has 24 heavy (non-hydrogen) atoms. The number of benzene rings is 1. The zero-order valence-electron chi connectivity index (χ0n) is 13.7. The predicted molar refractivity (Wildman–Crippen MR) is 92.9 cm³/mol. The predicted octanol–water partition coefficient (Wildman–Crippen LogP) is 3.01. The Kier molecular flexibility index (Phi) is 4.40. The molecule has 1 amide bonds. The molecule has 124 valence electrons. The first kappa shape index (κ1) is 16.3. The van der Waals surface area contributed by atoms with Crippen LogP contribution in [0.1, 0.15) is 27.4 Å². The van der Waals surface area contributed by atoms with E-state index < -0.39 is 0 Å². The van der Waals surface area contributed by atoms with Gasteiger partial charge in [0.25, 0.3) is 5.91 Å². The molecule has 0 fully saturated rings. The molecule has 0 saturated carbocycles. The molecular weight excluding hydrogens is 326 g/mol. The average Bonchev–Trinajstić information content (AvgIpc) is 3.13. The Morgan fingerprint density at radius 1 is 1.29 bits per heavy atom. The van der Waals surface area contributed by atoms with Crippen LogP contribution in [0, 0.1) is 13.8 Å². The van der Waals surface area contributed by atoms with Gasteiger partial charge in [-0.2, -0.15) is 10.2 Å². The number of aryl methyl sites for hydroxylation is 2. The van der Waals surface area contributed by atoms with Crippen molar-refractivity contribution in [2.24, 2.45) is 7.05 Å². The Bertz CT molecular complexity index is 879. The van der Waals surface area contributed by atoms with E-state index in [1.165, 1.54) is 0 Å². The fourth-order valence-electron chi connectivity index (χ4n) is 2.54. The molecular formula is C17H18ClN5O. The topological polar surface area (TPSA) is 75.6 Å². The quantitative estimate of drug-likeness (QED) is 0.764. The number of carbonyl (C=O) groups excluding carboxylic acids is 1. The van der Waals surface area contributed by atoms with Gasteiger partial charge in [-0.05, 0) is 32.0 Å². The van der Waals surface area contributed by atoms with E-state index in [4.69, 9.17) is 11.6 Å². The van der Waals surface area contributed by atoms with Crippen molar-refractivity contribution in [3.05, 3.63) is 58.0 Å². The lowest BCUT2D eigenvalue weighted by Crippen LogP contribution is -2.23. The summed E-state index contributed by atoms with van der Waals surface area (Å²) in [6, 6.07) is 9.03. The van der Waals surface area contributed by atoms with E-state index in [0.717, 1.165) is 22.5 Å². The van der Waals surface area contributed by atoms with Crippen LogP contribution >= 0.6 is 11.6 Å². The van der Waals surface area contributed by atoms with Gasteiger partial charge in [0.05, 0.1) is 11.4 Å². The number of halogens is 1. The second-order valence-electron chi connectivity index (χ2n) is 5.63. The summed E-state index contributed by atoms with van der Waals surface area (Å²) in [7, 11) is 1.89. The van der Waals surface area contributed by atoms with Gasteiger partial charge in [0.15, 0.2) is 0 Å². The van der Waals surface area contributed by atoms with Crippen molar-refractivity contribution in [1.82, 2.24) is 25.3 Å². The number of hydrogen-bond acceptors (Lipinski definition) is 3. The van der Waals surface area contributed by atoms with Crippen LogP contribution in [0.5, 0.6) is 0 Å². The van der Waals surface area contributed by atoms with E-state index in [2.05, 4.69) is 20.6 Å². The van der Waals surface area contributed by atoms with Gasteiger partial charge in [-0.1, -0.05) is 23.7 Å². The van der Waals surface area contributed by atoms with Gasteiger partial charge in [-0.3, -0.25) is 14.6 Å². The van der Waals surface area contributed by atoms with Crippen LogP contribution in [0.25, 0.3) is 11.3 Å². The summed E-state index contributed by atoms with van der Waals surface area (Å²) in [5.41, 5.74) is 5.00. The minimum atomic E-state index is -0.203. The van der Waals surface area contributed by atoms with Crippen LogP contribution in [-0.2, 0) is 13.6 Å². The number of hydrogen-bond donors (Lipinski definition) is 2. The van der Waals surface area contributed by atoms with Gasteiger partial charge < -0.3 is 5.32 Å². The SMILES string of the molecule is Cc1nn(C)c(C)c1CNC(=O)c1cc(-c2ccc(Cl)cc2)n[nH]1. The number of aromatic nitrogens is 4. The highest BCUT2D eigenvalue weighted by Crippen LogP contribution is 2.20. The lowest BCUT2D eigenvalue weighted by molar-refractivity contribution is 0.0946. The standard InChI is InChI=1S/C17H18ClN5O/c1-10-14(11(2)23(3)22-10)9-19-17(24)16-8-15(20-21-16)12-4-6-13(18)7-5-12/h4-8H,9H2,1-3H3,(H,19,24)(H,20,21). The number of H-pyrrole nitrogens is 1. The van der Waals surface area contributed by atoms with Crippen LogP contribution in [0.4, 0.5) is 0 Å². The summed E-state index contributed by atoms with van der Waals surface area (Å²) in [6.45, 7) is 4.35. The van der Waals surface area contributed by atoms with Gasteiger partial charge in [-0.15, -0.1) is 0 Å². The van der Waals surface area contributed by atoms with Crippen molar-refractivity contribution >= 4 is 17.5 Å². The number of rotatable bonds is 4. The van der Waals surface area contributed by atoms with Crippen LogP contribution in [0.3, 0.4) is 0 Å². The highest BCUT2D eigenvalue weighted by molar-refractivity contribution is 6.30. The van der Waals surface area contributed by atoms with Crippen LogP contribution < -0.4 is 5.32 Å². The molecule has 0 aliphatic carbocycles. The zero-order valence-corrected chi connectivity index (χ0v) is 14.5. The van der Waals surface area contributed by atoms with Crippen molar-refractivity contribution in [3.8, 4) is 11.3 Å². The molecule has 0 spiro atoms. The number of carbonyl (C=O) groups is 1. The van der Waals surface area contributed by atoms with Gasteiger partial charge >= 0.3 is 0 Å². The molecule has 1 aromatic carbocycles. The summed E-state index contributed by atoms with van der Waals surface area (Å²) in [5.74, 6) is -0.203. The molecule has 0 aliphatic heterocycles. The first-order valence-corrected chi connectivity index (χ1v) is 7.92. The maximum absolute atomic E-state index is 12.3. The number of aromatic amines is 1. The van der Waals surface area contributed by atoms with Crippen LogP contribution in [0.15, 0.2) is 30.3 Å². The molecule has 0 radical (unpaired) electrons. The second-order valence-corrected chi connectivity index (χ2v) is 6.07. The minimum Gasteiger partial charge on any atom is -0.347 e.